The minimum absolute atomic E-state index is 0.108. The van der Waals surface area contributed by atoms with E-state index in [2.05, 4.69) is 19.2 Å². The highest BCUT2D eigenvalue weighted by atomic mass is 32.2. The second-order valence-electron chi connectivity index (χ2n) is 4.10. The molecule has 4 nitrogen and oxygen atoms in total. The summed E-state index contributed by atoms with van der Waals surface area (Å²) >= 11 is 0. The Hall–Kier alpha value is -0.130. The van der Waals surface area contributed by atoms with Crippen LogP contribution < -0.4 is 5.32 Å². The molecule has 0 aliphatic heterocycles. The fourth-order valence-corrected chi connectivity index (χ4v) is 1.71. The van der Waals surface area contributed by atoms with Crippen molar-refractivity contribution in [1.29, 1.82) is 0 Å². The van der Waals surface area contributed by atoms with Crippen molar-refractivity contribution in [2.45, 2.75) is 59.3 Å². The van der Waals surface area contributed by atoms with Crippen molar-refractivity contribution in [3.8, 4) is 0 Å². The lowest BCUT2D eigenvalue weighted by molar-refractivity contribution is 0.480. The molecule has 0 bridgehead atoms. The lowest BCUT2D eigenvalue weighted by Crippen LogP contribution is -2.15. The van der Waals surface area contributed by atoms with Crippen molar-refractivity contribution in [2.24, 2.45) is 0 Å². The normalized spacial score (nSPS) is 10.8. The van der Waals surface area contributed by atoms with Crippen molar-refractivity contribution >= 4 is 10.1 Å². The molecule has 0 aromatic rings. The maximum absolute atomic E-state index is 9.95. The van der Waals surface area contributed by atoms with Crippen molar-refractivity contribution in [3.05, 3.63) is 0 Å². The van der Waals surface area contributed by atoms with Gasteiger partial charge in [0.2, 0.25) is 0 Å². The zero-order valence-corrected chi connectivity index (χ0v) is 12.4. The van der Waals surface area contributed by atoms with Crippen LogP contribution in [0.5, 0.6) is 0 Å². The van der Waals surface area contributed by atoms with Gasteiger partial charge in [-0.15, -0.1) is 0 Å². The van der Waals surface area contributed by atoms with Gasteiger partial charge in [0.15, 0.2) is 0 Å². The highest BCUT2D eigenvalue weighted by Crippen LogP contribution is 1.90. The van der Waals surface area contributed by atoms with Gasteiger partial charge in [-0.3, -0.25) is 4.55 Å². The van der Waals surface area contributed by atoms with Crippen LogP contribution in [-0.2, 0) is 10.1 Å². The predicted molar refractivity (Wildman–Crippen MR) is 74.0 cm³/mol. The zero-order valence-electron chi connectivity index (χ0n) is 11.5. The smallest absolute Gasteiger partial charge is 0.264 e. The van der Waals surface area contributed by atoms with E-state index in [1.165, 1.54) is 38.8 Å². The summed E-state index contributed by atoms with van der Waals surface area (Å²) in [4.78, 5) is 0. The maximum atomic E-state index is 9.95. The molecule has 0 saturated heterocycles. The summed E-state index contributed by atoms with van der Waals surface area (Å²) in [5.74, 6) is -0.108. The van der Waals surface area contributed by atoms with Gasteiger partial charge in [0.1, 0.15) is 0 Å². The Morgan fingerprint density at radius 2 is 1.29 bits per heavy atom. The molecular weight excluding hydrogens is 238 g/mol. The van der Waals surface area contributed by atoms with Gasteiger partial charge in [0.05, 0.1) is 5.75 Å². The first-order valence-electron chi connectivity index (χ1n) is 6.63. The second-order valence-corrected chi connectivity index (χ2v) is 5.67. The average Bonchev–Trinajstić information content (AvgIpc) is 2.26. The van der Waals surface area contributed by atoms with Gasteiger partial charge in [-0.1, -0.05) is 40.0 Å². The SMILES string of the molecule is CCCCNCCCC.CCCCS(=O)(=O)O. The van der Waals surface area contributed by atoms with E-state index in [-0.39, 0.29) is 5.75 Å². The van der Waals surface area contributed by atoms with E-state index in [0.717, 1.165) is 6.42 Å². The lowest BCUT2D eigenvalue weighted by Gasteiger charge is -1.99. The van der Waals surface area contributed by atoms with Crippen LogP contribution in [0.15, 0.2) is 0 Å². The molecule has 0 heterocycles. The van der Waals surface area contributed by atoms with Crippen LogP contribution in [0.4, 0.5) is 0 Å². The molecule has 0 aliphatic carbocycles. The highest BCUT2D eigenvalue weighted by molar-refractivity contribution is 7.85. The van der Waals surface area contributed by atoms with E-state index in [1.54, 1.807) is 0 Å². The Labute approximate surface area is 107 Å². The first-order valence-corrected chi connectivity index (χ1v) is 8.24. The second kappa shape index (κ2) is 13.9. The van der Waals surface area contributed by atoms with Crippen molar-refractivity contribution < 1.29 is 13.0 Å². The molecule has 0 unspecified atom stereocenters. The summed E-state index contributed by atoms with van der Waals surface area (Å²) in [6.45, 7) is 8.72. The molecule has 106 valence electrons. The van der Waals surface area contributed by atoms with Crippen LogP contribution in [-0.4, -0.2) is 31.8 Å². The van der Waals surface area contributed by atoms with E-state index in [1.807, 2.05) is 6.92 Å². The van der Waals surface area contributed by atoms with Gasteiger partial charge >= 0.3 is 0 Å². The molecule has 0 aromatic heterocycles. The molecule has 0 amide bonds. The zero-order chi connectivity index (χ0) is 13.6. The summed E-state index contributed by atoms with van der Waals surface area (Å²) in [5, 5.41) is 3.39. The van der Waals surface area contributed by atoms with E-state index in [0.29, 0.717) is 6.42 Å². The minimum Gasteiger partial charge on any atom is -0.317 e. The fraction of sp³-hybridized carbons (Fsp3) is 1.00. The van der Waals surface area contributed by atoms with Crippen molar-refractivity contribution in [3.63, 3.8) is 0 Å². The number of hydrogen-bond acceptors (Lipinski definition) is 3. The number of nitrogens with one attached hydrogen (secondary N) is 1. The van der Waals surface area contributed by atoms with Crippen LogP contribution in [0.2, 0.25) is 0 Å². The van der Waals surface area contributed by atoms with Gasteiger partial charge in [-0.05, 0) is 32.4 Å². The van der Waals surface area contributed by atoms with Crippen LogP contribution in [0.3, 0.4) is 0 Å². The third-order valence-electron chi connectivity index (χ3n) is 2.17. The summed E-state index contributed by atoms with van der Waals surface area (Å²) in [6, 6.07) is 0. The van der Waals surface area contributed by atoms with Crippen LogP contribution >= 0.6 is 0 Å². The Morgan fingerprint density at radius 1 is 0.882 bits per heavy atom. The highest BCUT2D eigenvalue weighted by Gasteiger charge is 2.00. The van der Waals surface area contributed by atoms with Gasteiger partial charge in [-0.25, -0.2) is 0 Å². The quantitative estimate of drug-likeness (QED) is 0.498. The molecule has 0 spiro atoms. The first-order chi connectivity index (χ1) is 7.97. The molecule has 0 atom stereocenters. The van der Waals surface area contributed by atoms with E-state index >= 15 is 0 Å². The number of unbranched alkanes of at least 4 members (excludes halogenated alkanes) is 3. The fourth-order valence-electron chi connectivity index (χ4n) is 1.06. The van der Waals surface area contributed by atoms with Crippen LogP contribution in [0.25, 0.3) is 0 Å². The molecule has 0 saturated carbocycles. The molecule has 0 aromatic carbocycles. The molecule has 0 radical (unpaired) electrons. The first kappa shape index (κ1) is 19.2. The molecule has 0 rings (SSSR count). The van der Waals surface area contributed by atoms with Crippen LogP contribution in [0, 0.1) is 0 Å². The average molecular weight is 267 g/mol. The third kappa shape index (κ3) is 25.8. The Bertz CT molecular complexity index is 222. The molecule has 5 heteroatoms. The molecule has 0 aliphatic rings. The number of hydrogen-bond donors (Lipinski definition) is 2. The predicted octanol–water partition coefficient (Wildman–Crippen LogP) is 2.85. The summed E-state index contributed by atoms with van der Waals surface area (Å²) in [6.07, 6.45) is 6.59. The standard InChI is InChI=1S/C8H19N.C4H10O3S/c1-3-5-7-9-8-6-4-2;1-2-3-4-8(5,6)7/h9H,3-8H2,1-2H3;2-4H2,1H3,(H,5,6,7). The van der Waals surface area contributed by atoms with Gasteiger partial charge in [0, 0.05) is 0 Å². The summed E-state index contributed by atoms with van der Waals surface area (Å²) in [7, 11) is -3.69. The van der Waals surface area contributed by atoms with E-state index < -0.39 is 10.1 Å². The maximum Gasteiger partial charge on any atom is 0.264 e. The van der Waals surface area contributed by atoms with Crippen LogP contribution in [0.1, 0.15) is 59.3 Å². The molecule has 17 heavy (non-hydrogen) atoms. The Morgan fingerprint density at radius 3 is 1.53 bits per heavy atom. The van der Waals surface area contributed by atoms with Gasteiger partial charge in [0.25, 0.3) is 10.1 Å². The van der Waals surface area contributed by atoms with Gasteiger partial charge in [-0.2, -0.15) is 8.42 Å². The molecule has 0 fully saturated rings. The molecular formula is C12H29NO3S. The Balaban J connectivity index is 0. The van der Waals surface area contributed by atoms with E-state index in [9.17, 15) is 8.42 Å². The van der Waals surface area contributed by atoms with E-state index in [4.69, 9.17) is 4.55 Å². The van der Waals surface area contributed by atoms with Crippen molar-refractivity contribution in [2.75, 3.05) is 18.8 Å². The number of rotatable bonds is 9. The summed E-state index contributed by atoms with van der Waals surface area (Å²) in [5.41, 5.74) is 0. The monoisotopic (exact) mass is 267 g/mol. The Kier molecular flexibility index (Phi) is 15.7. The minimum atomic E-state index is -3.69. The lowest BCUT2D eigenvalue weighted by atomic mass is 10.3. The topological polar surface area (TPSA) is 66.4 Å². The van der Waals surface area contributed by atoms with Gasteiger partial charge < -0.3 is 5.32 Å². The van der Waals surface area contributed by atoms with Crippen molar-refractivity contribution in [1.82, 2.24) is 5.32 Å². The largest absolute Gasteiger partial charge is 0.317 e. The third-order valence-corrected chi connectivity index (χ3v) is 2.97. The molecule has 2 N–H and O–H groups in total. The summed E-state index contributed by atoms with van der Waals surface area (Å²) < 4.78 is 28.0.